The summed E-state index contributed by atoms with van der Waals surface area (Å²) in [6.45, 7) is 1.52. The molecule has 16 heteroatoms. The third kappa shape index (κ3) is 6.04. The molecule has 4 rings (SSSR count). The number of halogens is 5. The van der Waals surface area contributed by atoms with Crippen LogP contribution in [0.2, 0.25) is 5.02 Å². The molecule has 0 saturated heterocycles. The molecule has 0 fully saturated rings. The Hall–Kier alpha value is -4.79. The molecule has 214 valence electrons. The van der Waals surface area contributed by atoms with Crippen molar-refractivity contribution in [3.63, 3.8) is 0 Å². The maximum atomic E-state index is 14.2. The standard InChI is InChI=1S/C25H20ClF4N7O4/c1-3-17(23(39)32-13-5-6-14(22(31)38)16(27)9-13)36-10-19(41-2)21(33-24(36)40)15-8-12(26)4-7-18(15)37-11-20(34-35-37)25(28,29)30/h4-11,17H,3H2,1-2H3,(H2,31,38)(H,32,39)/t17-/m0/s1/i2D3. The van der Waals surface area contributed by atoms with Gasteiger partial charge in [0.15, 0.2) is 11.4 Å². The number of benzene rings is 2. The van der Waals surface area contributed by atoms with Gasteiger partial charge in [-0.15, -0.1) is 5.10 Å². The molecule has 11 nitrogen and oxygen atoms in total. The minimum Gasteiger partial charge on any atom is -0.493 e. The highest BCUT2D eigenvalue weighted by Crippen LogP contribution is 2.35. The summed E-state index contributed by atoms with van der Waals surface area (Å²) in [5.41, 5.74) is 1.45. The summed E-state index contributed by atoms with van der Waals surface area (Å²) in [5, 5.41) is 9.00. The smallest absolute Gasteiger partial charge is 0.436 e. The first-order valence-corrected chi connectivity index (χ1v) is 11.9. The van der Waals surface area contributed by atoms with Gasteiger partial charge in [0.2, 0.25) is 5.91 Å². The Balaban J connectivity index is 1.82. The van der Waals surface area contributed by atoms with Crippen molar-refractivity contribution in [2.45, 2.75) is 25.6 Å². The molecule has 2 heterocycles. The van der Waals surface area contributed by atoms with Crippen molar-refractivity contribution in [3.8, 4) is 22.7 Å². The van der Waals surface area contributed by atoms with Crippen LogP contribution in [0.3, 0.4) is 0 Å². The highest BCUT2D eigenvalue weighted by Gasteiger charge is 2.35. The van der Waals surface area contributed by atoms with Gasteiger partial charge in [0.05, 0.1) is 34.8 Å². The second kappa shape index (κ2) is 11.4. The lowest BCUT2D eigenvalue weighted by Gasteiger charge is -2.20. The van der Waals surface area contributed by atoms with Gasteiger partial charge in [-0.3, -0.25) is 14.2 Å². The third-order valence-corrected chi connectivity index (χ3v) is 6.03. The summed E-state index contributed by atoms with van der Waals surface area (Å²) >= 11 is 6.12. The summed E-state index contributed by atoms with van der Waals surface area (Å²) in [4.78, 5) is 41.6. The number of ether oxygens (including phenoxy) is 1. The summed E-state index contributed by atoms with van der Waals surface area (Å²) in [6, 6.07) is 5.49. The van der Waals surface area contributed by atoms with Crippen LogP contribution in [0.1, 0.15) is 39.6 Å². The molecule has 2 aromatic heterocycles. The summed E-state index contributed by atoms with van der Waals surface area (Å²) in [5.74, 6) is -3.45. The number of nitrogens with zero attached hydrogens (tertiary/aromatic N) is 5. The summed E-state index contributed by atoms with van der Waals surface area (Å²) in [7, 11) is -3.11. The van der Waals surface area contributed by atoms with Crippen LogP contribution in [0.25, 0.3) is 16.9 Å². The van der Waals surface area contributed by atoms with E-state index < -0.39 is 65.3 Å². The fourth-order valence-corrected chi connectivity index (χ4v) is 4.05. The minimum absolute atomic E-state index is 0.0334. The van der Waals surface area contributed by atoms with Crippen LogP contribution >= 0.6 is 11.6 Å². The Morgan fingerprint density at radius 2 is 1.98 bits per heavy atom. The average molecular weight is 597 g/mol. The zero-order chi connectivity index (χ0) is 32.6. The first-order valence-electron chi connectivity index (χ1n) is 13.0. The highest BCUT2D eigenvalue weighted by molar-refractivity contribution is 6.31. The van der Waals surface area contributed by atoms with E-state index in [1.54, 1.807) is 0 Å². The van der Waals surface area contributed by atoms with Gasteiger partial charge in [-0.25, -0.2) is 13.9 Å². The van der Waals surface area contributed by atoms with Gasteiger partial charge in [-0.2, -0.15) is 18.2 Å². The molecule has 0 aliphatic rings. The quantitative estimate of drug-likeness (QED) is 0.292. The van der Waals surface area contributed by atoms with Gasteiger partial charge in [0, 0.05) is 16.3 Å². The maximum Gasteiger partial charge on any atom is 0.436 e. The molecule has 2 aromatic carbocycles. The molecule has 0 unspecified atom stereocenters. The molecule has 4 aromatic rings. The molecule has 2 amide bonds. The van der Waals surface area contributed by atoms with E-state index in [-0.39, 0.29) is 28.4 Å². The Morgan fingerprint density at radius 1 is 1.22 bits per heavy atom. The molecular weight excluding hydrogens is 574 g/mol. The van der Waals surface area contributed by atoms with Crippen LogP contribution in [0, 0.1) is 5.82 Å². The highest BCUT2D eigenvalue weighted by atomic mass is 35.5. The monoisotopic (exact) mass is 596 g/mol. The molecule has 0 bridgehead atoms. The summed E-state index contributed by atoms with van der Waals surface area (Å²) in [6.07, 6.45) is -3.42. The summed E-state index contributed by atoms with van der Waals surface area (Å²) < 4.78 is 83.2. The van der Waals surface area contributed by atoms with Gasteiger partial charge < -0.3 is 15.8 Å². The predicted molar refractivity (Wildman–Crippen MR) is 138 cm³/mol. The average Bonchev–Trinajstić information content (AvgIpc) is 3.40. The van der Waals surface area contributed by atoms with Crippen molar-refractivity contribution in [3.05, 3.63) is 81.4 Å². The number of hydrogen-bond donors (Lipinski definition) is 2. The number of amides is 2. The number of nitrogens with two attached hydrogens (primary N) is 1. The van der Waals surface area contributed by atoms with Crippen molar-refractivity contribution >= 4 is 29.1 Å². The lowest BCUT2D eigenvalue weighted by Crippen LogP contribution is -2.34. The zero-order valence-electron chi connectivity index (χ0n) is 23.7. The fraction of sp³-hybridized carbons (Fsp3) is 0.200. The number of hydrogen-bond acceptors (Lipinski definition) is 7. The van der Waals surface area contributed by atoms with E-state index in [1.807, 2.05) is 0 Å². The predicted octanol–water partition coefficient (Wildman–Crippen LogP) is 4.00. The van der Waals surface area contributed by atoms with Crippen molar-refractivity contribution in [2.24, 2.45) is 5.73 Å². The topological polar surface area (TPSA) is 147 Å². The molecule has 1 atom stereocenters. The van der Waals surface area contributed by atoms with Crippen LogP contribution in [0.15, 0.2) is 53.6 Å². The van der Waals surface area contributed by atoms with E-state index in [9.17, 15) is 31.9 Å². The Kier molecular flexibility index (Phi) is 6.99. The lowest BCUT2D eigenvalue weighted by molar-refractivity contribution is -0.141. The number of carbonyl (C=O) groups is 2. The molecule has 0 saturated carbocycles. The SMILES string of the molecule is [2H]C([2H])([2H])Oc1cn([C@@H](CC)C(=O)Nc2ccc(C(N)=O)c(F)c2)c(=O)nc1-c1cc(Cl)ccc1-n1cc(C(F)(F)F)nn1. The van der Waals surface area contributed by atoms with E-state index in [1.165, 1.54) is 31.2 Å². The molecule has 0 aliphatic carbocycles. The second-order valence-electron chi connectivity index (χ2n) is 8.43. The lowest BCUT2D eigenvalue weighted by atomic mass is 10.1. The third-order valence-electron chi connectivity index (χ3n) is 5.80. The Labute approximate surface area is 237 Å². The molecular formula is C25H20ClF4N7O4. The van der Waals surface area contributed by atoms with Gasteiger partial charge in [0.25, 0.3) is 5.91 Å². The van der Waals surface area contributed by atoms with Gasteiger partial charge in [0.1, 0.15) is 17.6 Å². The van der Waals surface area contributed by atoms with Gasteiger partial charge in [-0.05, 0) is 42.8 Å². The van der Waals surface area contributed by atoms with Gasteiger partial charge >= 0.3 is 11.9 Å². The normalized spacial score (nSPS) is 13.6. The molecule has 41 heavy (non-hydrogen) atoms. The van der Waals surface area contributed by atoms with Gasteiger partial charge in [-0.1, -0.05) is 23.7 Å². The molecule has 0 spiro atoms. The van der Waals surface area contributed by atoms with Crippen LogP contribution in [0.5, 0.6) is 5.75 Å². The van der Waals surface area contributed by atoms with E-state index in [0.29, 0.717) is 6.20 Å². The van der Waals surface area contributed by atoms with Crippen LogP contribution < -0.4 is 21.5 Å². The number of primary amides is 1. The maximum absolute atomic E-state index is 14.2. The van der Waals surface area contributed by atoms with Crippen LogP contribution in [0.4, 0.5) is 23.2 Å². The van der Waals surface area contributed by atoms with Crippen molar-refractivity contribution in [1.29, 1.82) is 0 Å². The van der Waals surface area contributed by atoms with Crippen molar-refractivity contribution in [2.75, 3.05) is 12.4 Å². The number of rotatable bonds is 8. The minimum atomic E-state index is -4.83. The number of nitrogens with one attached hydrogen (secondary N) is 1. The fourth-order valence-electron chi connectivity index (χ4n) is 3.88. The number of anilines is 1. The van der Waals surface area contributed by atoms with Crippen LogP contribution in [-0.2, 0) is 11.0 Å². The number of alkyl halides is 3. The van der Waals surface area contributed by atoms with E-state index >= 15 is 0 Å². The molecule has 3 N–H and O–H groups in total. The van der Waals surface area contributed by atoms with Crippen LogP contribution in [-0.4, -0.2) is 43.4 Å². The number of carbonyl (C=O) groups excluding carboxylic acids is 2. The second-order valence-corrected chi connectivity index (χ2v) is 8.86. The van der Waals surface area contributed by atoms with Crippen molar-refractivity contribution in [1.82, 2.24) is 24.5 Å². The molecule has 0 aliphatic heterocycles. The zero-order valence-corrected chi connectivity index (χ0v) is 21.5. The number of methoxy groups -OCH3 is 1. The molecule has 0 radical (unpaired) electrons. The largest absolute Gasteiger partial charge is 0.493 e. The van der Waals surface area contributed by atoms with E-state index in [0.717, 1.165) is 27.6 Å². The number of aromatic nitrogens is 5. The Morgan fingerprint density at radius 3 is 2.59 bits per heavy atom. The van der Waals surface area contributed by atoms with Crippen molar-refractivity contribution < 1.29 is 36.0 Å². The van der Waals surface area contributed by atoms with E-state index in [2.05, 4.69) is 20.6 Å². The van der Waals surface area contributed by atoms with E-state index in [4.69, 9.17) is 26.2 Å². The Bertz CT molecular complexity index is 1810. The first kappa shape index (κ1) is 25.2. The first-order chi connectivity index (χ1) is 20.5.